The molecular weight excluding hydrogens is 498 g/mol. The third-order valence-electron chi connectivity index (χ3n) is 6.77. The number of aromatic nitrogens is 1. The molecule has 3 aromatic rings. The summed E-state index contributed by atoms with van der Waals surface area (Å²) in [5, 5.41) is 0. The van der Waals surface area contributed by atoms with Crippen LogP contribution in [0.4, 0.5) is 5.69 Å². The first kappa shape index (κ1) is 27.4. The zero-order valence-electron chi connectivity index (χ0n) is 23.3. The molecule has 38 heavy (non-hydrogen) atoms. The highest BCUT2D eigenvalue weighted by Gasteiger charge is 2.33. The summed E-state index contributed by atoms with van der Waals surface area (Å²) in [5.41, 5.74) is 5.64. The van der Waals surface area contributed by atoms with E-state index in [0.29, 0.717) is 20.6 Å². The maximum absolute atomic E-state index is 13.9. The summed E-state index contributed by atoms with van der Waals surface area (Å²) in [7, 11) is 5.61. The van der Waals surface area contributed by atoms with Crippen LogP contribution in [0.1, 0.15) is 61.9 Å². The highest BCUT2D eigenvalue weighted by molar-refractivity contribution is 7.07. The summed E-state index contributed by atoms with van der Waals surface area (Å²) in [6.45, 7) is 10.0. The van der Waals surface area contributed by atoms with Gasteiger partial charge in [-0.25, -0.2) is 9.79 Å². The third-order valence-corrected chi connectivity index (χ3v) is 7.75. The van der Waals surface area contributed by atoms with Crippen LogP contribution in [0.5, 0.6) is 5.75 Å². The number of anilines is 1. The Labute approximate surface area is 227 Å². The number of methoxy groups -OCH3 is 1. The maximum atomic E-state index is 13.9. The summed E-state index contributed by atoms with van der Waals surface area (Å²) in [5.74, 6) is 0.642. The molecule has 0 amide bonds. The van der Waals surface area contributed by atoms with Gasteiger partial charge in [0.25, 0.3) is 5.56 Å². The second-order valence-corrected chi connectivity index (χ2v) is 10.9. The van der Waals surface area contributed by atoms with Gasteiger partial charge in [-0.1, -0.05) is 37.3 Å². The van der Waals surface area contributed by atoms with E-state index in [2.05, 4.69) is 24.9 Å². The molecule has 1 aromatic heterocycles. The lowest BCUT2D eigenvalue weighted by atomic mass is 9.95. The number of carbonyl (C=O) groups is 1. The lowest BCUT2D eigenvalue weighted by molar-refractivity contribution is -0.139. The van der Waals surface area contributed by atoms with E-state index in [0.717, 1.165) is 33.7 Å². The van der Waals surface area contributed by atoms with Crippen molar-refractivity contribution in [1.82, 2.24) is 4.57 Å². The van der Waals surface area contributed by atoms with E-state index >= 15 is 0 Å². The first-order valence-corrected chi connectivity index (χ1v) is 13.5. The molecule has 0 unspecified atom stereocenters. The monoisotopic (exact) mass is 533 g/mol. The fourth-order valence-corrected chi connectivity index (χ4v) is 5.74. The van der Waals surface area contributed by atoms with Gasteiger partial charge in [0.15, 0.2) is 4.80 Å². The minimum absolute atomic E-state index is 0.189. The molecule has 0 bridgehead atoms. The Hall–Kier alpha value is -3.65. The second-order valence-electron chi connectivity index (χ2n) is 9.89. The SMILES string of the molecule is CCOC(=O)C1=C(C)N=c2s/c(=C/c3cc(C(C)C)c(OC)cc3C)c(=O)n2[C@H]1c1ccc(N(C)C)cc1. The van der Waals surface area contributed by atoms with Crippen LogP contribution in [0.2, 0.25) is 0 Å². The Morgan fingerprint density at radius 3 is 2.45 bits per heavy atom. The van der Waals surface area contributed by atoms with Gasteiger partial charge in [-0.3, -0.25) is 9.36 Å². The van der Waals surface area contributed by atoms with Gasteiger partial charge < -0.3 is 14.4 Å². The average Bonchev–Trinajstić information content (AvgIpc) is 3.18. The van der Waals surface area contributed by atoms with Crippen molar-refractivity contribution in [3.8, 4) is 5.75 Å². The van der Waals surface area contributed by atoms with E-state index in [1.165, 1.54) is 11.3 Å². The van der Waals surface area contributed by atoms with Crippen LogP contribution >= 0.6 is 11.3 Å². The number of aryl methyl sites for hydroxylation is 1. The molecule has 2 aromatic carbocycles. The van der Waals surface area contributed by atoms with E-state index in [9.17, 15) is 9.59 Å². The zero-order valence-corrected chi connectivity index (χ0v) is 24.1. The van der Waals surface area contributed by atoms with Crippen molar-refractivity contribution in [2.75, 3.05) is 32.7 Å². The summed E-state index contributed by atoms with van der Waals surface area (Å²) in [4.78, 5) is 34.3. The van der Waals surface area contributed by atoms with Crippen molar-refractivity contribution in [2.45, 2.75) is 46.6 Å². The van der Waals surface area contributed by atoms with Crippen molar-refractivity contribution in [2.24, 2.45) is 4.99 Å². The molecule has 2 heterocycles. The minimum atomic E-state index is -0.633. The van der Waals surface area contributed by atoms with Crippen molar-refractivity contribution >= 4 is 29.1 Å². The van der Waals surface area contributed by atoms with Crippen LogP contribution in [0.25, 0.3) is 6.08 Å². The number of nitrogens with zero attached hydrogens (tertiary/aromatic N) is 3. The molecular formula is C30H35N3O4S. The third kappa shape index (κ3) is 5.05. The Bertz CT molecular complexity index is 1580. The smallest absolute Gasteiger partial charge is 0.338 e. The Morgan fingerprint density at radius 1 is 1.18 bits per heavy atom. The zero-order chi connectivity index (χ0) is 27.7. The largest absolute Gasteiger partial charge is 0.496 e. The van der Waals surface area contributed by atoms with Crippen molar-refractivity contribution in [1.29, 1.82) is 0 Å². The van der Waals surface area contributed by atoms with Gasteiger partial charge >= 0.3 is 5.97 Å². The van der Waals surface area contributed by atoms with E-state index < -0.39 is 12.0 Å². The van der Waals surface area contributed by atoms with E-state index in [1.54, 1.807) is 25.5 Å². The van der Waals surface area contributed by atoms with Crippen LogP contribution in [0, 0.1) is 6.92 Å². The lowest BCUT2D eigenvalue weighted by Gasteiger charge is -2.25. The van der Waals surface area contributed by atoms with Crippen LogP contribution in [-0.4, -0.2) is 38.3 Å². The highest BCUT2D eigenvalue weighted by atomic mass is 32.1. The molecule has 0 N–H and O–H groups in total. The standard InChI is InChI=1S/C30H35N3O4S/c1-9-37-29(35)26-19(5)31-30-33(27(26)20-10-12-22(13-11-20)32(6)7)28(34)25(38-30)16-21-15-23(17(2)3)24(36-8)14-18(21)4/h10-17,27H,9H2,1-8H3/b25-16+/t27-/m0/s1. The Balaban J connectivity index is 1.94. The molecule has 4 rings (SSSR count). The Kier molecular flexibility index (Phi) is 7.92. The molecule has 1 aliphatic heterocycles. The number of carbonyl (C=O) groups excluding carboxylic acids is 1. The van der Waals surface area contributed by atoms with Gasteiger partial charge in [-0.15, -0.1) is 0 Å². The normalized spacial score (nSPS) is 15.4. The minimum Gasteiger partial charge on any atom is -0.496 e. The van der Waals surface area contributed by atoms with Crippen molar-refractivity contribution in [3.05, 3.63) is 89.6 Å². The molecule has 1 aliphatic rings. The predicted molar refractivity (Wildman–Crippen MR) is 153 cm³/mol. The molecule has 0 saturated heterocycles. The van der Waals surface area contributed by atoms with Gasteiger partial charge in [-0.05, 0) is 79.3 Å². The molecule has 8 heteroatoms. The van der Waals surface area contributed by atoms with Crippen molar-refractivity contribution in [3.63, 3.8) is 0 Å². The molecule has 200 valence electrons. The first-order chi connectivity index (χ1) is 18.1. The fourth-order valence-electron chi connectivity index (χ4n) is 4.70. The second kappa shape index (κ2) is 11.0. The van der Waals surface area contributed by atoms with E-state index in [1.807, 2.05) is 62.3 Å². The fraction of sp³-hybridized carbons (Fsp3) is 0.367. The number of benzene rings is 2. The number of fused-ring (bicyclic) bond motifs is 1. The highest BCUT2D eigenvalue weighted by Crippen LogP contribution is 2.32. The summed E-state index contributed by atoms with van der Waals surface area (Å²) >= 11 is 1.33. The van der Waals surface area contributed by atoms with Gasteiger partial charge in [-0.2, -0.15) is 0 Å². The van der Waals surface area contributed by atoms with Crippen LogP contribution in [0.15, 0.2) is 57.5 Å². The Morgan fingerprint density at radius 2 is 1.87 bits per heavy atom. The molecule has 0 saturated carbocycles. The molecule has 0 aliphatic carbocycles. The van der Waals surface area contributed by atoms with Crippen LogP contribution in [0.3, 0.4) is 0 Å². The molecule has 0 radical (unpaired) electrons. The van der Waals surface area contributed by atoms with E-state index in [4.69, 9.17) is 9.47 Å². The number of hydrogen-bond acceptors (Lipinski definition) is 7. The van der Waals surface area contributed by atoms with Crippen molar-refractivity contribution < 1.29 is 14.3 Å². The first-order valence-electron chi connectivity index (χ1n) is 12.7. The van der Waals surface area contributed by atoms with Gasteiger partial charge in [0.1, 0.15) is 5.75 Å². The van der Waals surface area contributed by atoms with Gasteiger partial charge in [0.2, 0.25) is 0 Å². The summed E-state index contributed by atoms with van der Waals surface area (Å²) < 4.78 is 13.2. The topological polar surface area (TPSA) is 73.1 Å². The number of thiazole rings is 1. The summed E-state index contributed by atoms with van der Waals surface area (Å²) in [6, 6.07) is 11.3. The summed E-state index contributed by atoms with van der Waals surface area (Å²) in [6.07, 6.45) is 1.92. The number of ether oxygens (including phenoxy) is 2. The van der Waals surface area contributed by atoms with Crippen LogP contribution < -0.4 is 24.5 Å². The molecule has 7 nitrogen and oxygen atoms in total. The number of allylic oxidation sites excluding steroid dienone is 1. The average molecular weight is 534 g/mol. The number of hydrogen-bond donors (Lipinski definition) is 0. The quantitative estimate of drug-likeness (QED) is 0.424. The molecule has 0 spiro atoms. The number of esters is 1. The molecule has 0 fully saturated rings. The number of rotatable bonds is 7. The van der Waals surface area contributed by atoms with Gasteiger partial charge in [0.05, 0.1) is 35.6 Å². The predicted octanol–water partition coefficient (Wildman–Crippen LogP) is 4.30. The lowest BCUT2D eigenvalue weighted by Crippen LogP contribution is -2.40. The van der Waals surface area contributed by atoms with Crippen LogP contribution in [-0.2, 0) is 9.53 Å². The maximum Gasteiger partial charge on any atom is 0.338 e. The van der Waals surface area contributed by atoms with Gasteiger partial charge in [0, 0.05) is 19.8 Å². The molecule has 1 atom stereocenters. The van der Waals surface area contributed by atoms with E-state index in [-0.39, 0.29) is 18.1 Å².